The van der Waals surface area contributed by atoms with Crippen LogP contribution in [0.25, 0.3) is 10.9 Å². The molecule has 0 radical (unpaired) electrons. The summed E-state index contributed by atoms with van der Waals surface area (Å²) in [6.07, 6.45) is 0.395. The summed E-state index contributed by atoms with van der Waals surface area (Å²) < 4.78 is 39.5. The average molecular weight is 343 g/mol. The number of aromatic amines is 1. The fourth-order valence-electron chi connectivity index (χ4n) is 2.25. The molecule has 0 aliphatic heterocycles. The summed E-state index contributed by atoms with van der Waals surface area (Å²) in [5.41, 5.74) is -2.87. The van der Waals surface area contributed by atoms with E-state index >= 15 is 0 Å². The highest BCUT2D eigenvalue weighted by Gasteiger charge is 2.34. The Hall–Kier alpha value is -2.46. The summed E-state index contributed by atoms with van der Waals surface area (Å²) in [4.78, 5) is 25.9. The molecule has 0 atom stereocenters. The van der Waals surface area contributed by atoms with Gasteiger partial charge in [0.15, 0.2) is 5.78 Å². The van der Waals surface area contributed by atoms with E-state index in [1.54, 1.807) is 0 Å². The molecule has 2 aromatic rings. The van der Waals surface area contributed by atoms with E-state index in [0.717, 1.165) is 6.92 Å². The number of pyridine rings is 1. The van der Waals surface area contributed by atoms with Crippen molar-refractivity contribution in [3.05, 3.63) is 38.6 Å². The Bertz CT molecular complexity index is 895. The molecule has 120 valence electrons. The Kier molecular flexibility index (Phi) is 4.39. The first-order valence-electron chi connectivity index (χ1n) is 6.31. The van der Waals surface area contributed by atoms with Crippen LogP contribution in [-0.2, 0) is 6.18 Å². The minimum atomic E-state index is -4.73. The van der Waals surface area contributed by atoms with Crippen LogP contribution in [0.5, 0.6) is 0 Å². The second-order valence-electron chi connectivity index (χ2n) is 4.69. The van der Waals surface area contributed by atoms with Crippen LogP contribution in [0.1, 0.15) is 22.8 Å². The van der Waals surface area contributed by atoms with Crippen molar-refractivity contribution < 1.29 is 18.0 Å². The molecule has 0 aliphatic rings. The van der Waals surface area contributed by atoms with Crippen LogP contribution >= 0.6 is 11.6 Å². The molecule has 0 aliphatic carbocycles. The van der Waals surface area contributed by atoms with Gasteiger partial charge in [-0.05, 0) is 19.1 Å². The molecule has 2 N–H and O–H groups in total. The first-order chi connectivity index (χ1) is 10.7. The van der Waals surface area contributed by atoms with Crippen molar-refractivity contribution in [2.24, 2.45) is 0 Å². The summed E-state index contributed by atoms with van der Waals surface area (Å²) in [6.45, 7) is 1.05. The van der Waals surface area contributed by atoms with Gasteiger partial charge in [-0.3, -0.25) is 9.59 Å². The predicted molar refractivity (Wildman–Crippen MR) is 81.9 cm³/mol. The van der Waals surface area contributed by atoms with Crippen LogP contribution in [0.3, 0.4) is 0 Å². The quantitative estimate of drug-likeness (QED) is 0.663. The number of fused-ring (bicyclic) bond motifs is 1. The van der Waals surface area contributed by atoms with Crippen molar-refractivity contribution in [1.82, 2.24) is 4.98 Å². The van der Waals surface area contributed by atoms with Crippen LogP contribution in [0.15, 0.2) is 16.9 Å². The zero-order chi connectivity index (χ0) is 17.4. The normalized spacial score (nSPS) is 11.3. The number of aromatic nitrogens is 1. The van der Waals surface area contributed by atoms with E-state index in [1.165, 1.54) is 6.07 Å². The summed E-state index contributed by atoms with van der Waals surface area (Å²) in [7, 11) is 0. The number of Topliss-reactive ketones (excluding diaryl/α,β-unsaturated/α-hetero) is 1. The fourth-order valence-corrected chi connectivity index (χ4v) is 2.46. The molecule has 1 aromatic heterocycles. The minimum Gasteiger partial charge on any atom is -0.373 e. The van der Waals surface area contributed by atoms with Gasteiger partial charge in [0.1, 0.15) is 5.56 Å². The lowest BCUT2D eigenvalue weighted by Gasteiger charge is -2.16. The molecular weight excluding hydrogens is 333 g/mol. The van der Waals surface area contributed by atoms with Gasteiger partial charge >= 0.3 is 6.18 Å². The lowest BCUT2D eigenvalue weighted by atomic mass is 10.0. The maximum absolute atomic E-state index is 13.2. The number of alkyl halides is 3. The number of anilines is 1. The van der Waals surface area contributed by atoms with Crippen molar-refractivity contribution >= 4 is 34.0 Å². The third kappa shape index (κ3) is 3.17. The van der Waals surface area contributed by atoms with Crippen molar-refractivity contribution in [3.63, 3.8) is 0 Å². The Morgan fingerprint density at radius 3 is 2.61 bits per heavy atom. The van der Waals surface area contributed by atoms with Crippen LogP contribution in [0, 0.1) is 12.3 Å². The second kappa shape index (κ2) is 5.97. The average Bonchev–Trinajstić information content (AvgIpc) is 2.42. The number of rotatable bonds is 3. The monoisotopic (exact) mass is 342 g/mol. The lowest BCUT2D eigenvalue weighted by molar-refractivity contribution is -0.136. The maximum atomic E-state index is 13.2. The number of carbonyl (C=O) groups excluding carboxylic acids is 1. The van der Waals surface area contributed by atoms with Crippen molar-refractivity contribution in [1.29, 1.82) is 0 Å². The molecule has 2 rings (SSSR count). The molecule has 0 fully saturated rings. The number of ketones is 1. The van der Waals surface area contributed by atoms with Gasteiger partial charge in [-0.2, -0.15) is 13.2 Å². The Morgan fingerprint density at radius 2 is 2.09 bits per heavy atom. The summed E-state index contributed by atoms with van der Waals surface area (Å²) >= 11 is 5.76. The zero-order valence-electron chi connectivity index (χ0n) is 11.8. The molecule has 0 saturated carbocycles. The zero-order valence-corrected chi connectivity index (χ0v) is 12.5. The number of hydrogen-bond donors (Lipinski definition) is 2. The number of halogens is 4. The molecule has 1 heterocycles. The van der Waals surface area contributed by atoms with Gasteiger partial charge in [0, 0.05) is 10.4 Å². The molecule has 1 aromatic carbocycles. The van der Waals surface area contributed by atoms with E-state index in [9.17, 15) is 22.8 Å². The van der Waals surface area contributed by atoms with Crippen LogP contribution in [-0.4, -0.2) is 17.3 Å². The highest BCUT2D eigenvalue weighted by atomic mass is 35.5. The van der Waals surface area contributed by atoms with Gasteiger partial charge in [-0.1, -0.05) is 17.5 Å². The van der Waals surface area contributed by atoms with E-state index in [4.69, 9.17) is 18.0 Å². The van der Waals surface area contributed by atoms with E-state index < -0.39 is 28.6 Å². The molecule has 0 spiro atoms. The smallest absolute Gasteiger partial charge is 0.373 e. The van der Waals surface area contributed by atoms with Gasteiger partial charge in [-0.15, -0.1) is 6.42 Å². The second-order valence-corrected chi connectivity index (χ2v) is 5.13. The molecule has 23 heavy (non-hydrogen) atoms. The molecule has 8 heteroatoms. The molecular formula is C15H10ClF3N2O2. The minimum absolute atomic E-state index is 0.0372. The standard InChI is InChI=1S/C15H10ClF3N2O2/c1-3-4-20-13-9-5-8(16)6-10(15(17,18)19)12(9)21-14(23)11(13)7(2)22/h1,5-6H,4H2,2H3,(H2,20,21,23). The molecule has 4 nitrogen and oxygen atoms in total. The predicted octanol–water partition coefficient (Wildman–Crippen LogP) is 3.45. The Morgan fingerprint density at radius 1 is 1.43 bits per heavy atom. The molecule has 0 saturated heterocycles. The number of nitrogens with one attached hydrogen (secondary N) is 2. The fraction of sp³-hybridized carbons (Fsp3) is 0.200. The van der Waals surface area contributed by atoms with Gasteiger partial charge in [0.25, 0.3) is 5.56 Å². The highest BCUT2D eigenvalue weighted by Crippen LogP contribution is 2.38. The SMILES string of the molecule is C#CCNc1c(C(C)=O)c(=O)[nH]c2c(C(F)(F)F)cc(Cl)cc12. The van der Waals surface area contributed by atoms with E-state index in [2.05, 4.69) is 16.2 Å². The summed E-state index contributed by atoms with van der Waals surface area (Å²) in [6, 6.07) is 1.94. The van der Waals surface area contributed by atoms with E-state index in [0.29, 0.717) is 6.07 Å². The van der Waals surface area contributed by atoms with Crippen LogP contribution in [0.2, 0.25) is 5.02 Å². The topological polar surface area (TPSA) is 62.0 Å². The van der Waals surface area contributed by atoms with Gasteiger partial charge < -0.3 is 10.3 Å². The van der Waals surface area contributed by atoms with Gasteiger partial charge in [0.2, 0.25) is 0 Å². The van der Waals surface area contributed by atoms with E-state index in [1.807, 2.05) is 0 Å². The summed E-state index contributed by atoms with van der Waals surface area (Å²) in [5.74, 6) is 1.63. The van der Waals surface area contributed by atoms with E-state index in [-0.39, 0.29) is 28.2 Å². The third-order valence-electron chi connectivity index (χ3n) is 3.11. The first kappa shape index (κ1) is 16.9. The van der Waals surface area contributed by atoms with Gasteiger partial charge in [0.05, 0.1) is 23.3 Å². The van der Waals surface area contributed by atoms with Gasteiger partial charge in [-0.25, -0.2) is 0 Å². The van der Waals surface area contributed by atoms with Crippen molar-refractivity contribution in [2.75, 3.05) is 11.9 Å². The molecule has 0 bridgehead atoms. The van der Waals surface area contributed by atoms with Crippen molar-refractivity contribution in [3.8, 4) is 12.3 Å². The Labute approximate surface area is 133 Å². The largest absolute Gasteiger partial charge is 0.418 e. The number of benzene rings is 1. The highest BCUT2D eigenvalue weighted by molar-refractivity contribution is 6.31. The third-order valence-corrected chi connectivity index (χ3v) is 3.33. The lowest BCUT2D eigenvalue weighted by Crippen LogP contribution is -2.21. The van der Waals surface area contributed by atoms with Crippen molar-refractivity contribution in [2.45, 2.75) is 13.1 Å². The molecule has 0 unspecified atom stereocenters. The number of carbonyl (C=O) groups is 1. The number of terminal acetylenes is 1. The van der Waals surface area contributed by atoms with Crippen LogP contribution in [0.4, 0.5) is 18.9 Å². The maximum Gasteiger partial charge on any atom is 0.418 e. The number of H-pyrrole nitrogens is 1. The molecule has 0 amide bonds. The first-order valence-corrected chi connectivity index (χ1v) is 6.69. The summed E-state index contributed by atoms with van der Waals surface area (Å²) in [5, 5.41) is 2.41. The van der Waals surface area contributed by atoms with Crippen LogP contribution < -0.4 is 10.9 Å². The number of hydrogen-bond acceptors (Lipinski definition) is 3. The Balaban J connectivity index is 2.99.